The van der Waals surface area contributed by atoms with Crippen molar-refractivity contribution in [2.75, 3.05) is 0 Å². The number of fused-ring (bicyclic) bond motifs is 1. The molecule has 3 N–H and O–H groups in total. The normalized spacial score (nSPS) is 12.8. The monoisotopic (exact) mass is 324 g/mol. The van der Waals surface area contributed by atoms with E-state index in [2.05, 4.69) is 5.43 Å². The molecule has 0 bridgehead atoms. The van der Waals surface area contributed by atoms with Gasteiger partial charge >= 0.3 is 0 Å². The Labute approximate surface area is 130 Å². The number of nitrogens with two attached hydrogens (primary N) is 1. The van der Waals surface area contributed by atoms with Crippen molar-refractivity contribution < 1.29 is 8.81 Å². The van der Waals surface area contributed by atoms with Gasteiger partial charge < -0.3 is 4.42 Å². The molecule has 0 saturated heterocycles. The van der Waals surface area contributed by atoms with Crippen LogP contribution in [-0.4, -0.2) is 0 Å². The molecule has 1 aromatic heterocycles. The summed E-state index contributed by atoms with van der Waals surface area (Å²) in [7, 11) is 0. The Hall–Kier alpha value is -1.59. The van der Waals surface area contributed by atoms with Crippen LogP contribution in [0.5, 0.6) is 0 Å². The van der Waals surface area contributed by atoms with E-state index in [-0.39, 0.29) is 5.82 Å². The summed E-state index contributed by atoms with van der Waals surface area (Å²) in [5.41, 5.74) is 4.00. The van der Waals surface area contributed by atoms with Crippen LogP contribution in [0.4, 0.5) is 4.39 Å². The highest BCUT2D eigenvalue weighted by Crippen LogP contribution is 2.31. The molecule has 6 heteroatoms. The largest absolute Gasteiger partial charge is 0.459 e. The van der Waals surface area contributed by atoms with Gasteiger partial charge in [-0.25, -0.2) is 9.82 Å². The summed E-state index contributed by atoms with van der Waals surface area (Å²) in [6.45, 7) is 0. The Morgan fingerprint density at radius 1 is 1.05 bits per heavy atom. The molecular weight excluding hydrogens is 314 g/mol. The fourth-order valence-corrected chi connectivity index (χ4v) is 2.80. The number of halogens is 3. The van der Waals surface area contributed by atoms with Gasteiger partial charge in [-0.3, -0.25) is 5.84 Å². The SMILES string of the molecule is NNC(c1cc(Cl)cc(Cl)c1)c1cc2cc(F)ccc2o1. The van der Waals surface area contributed by atoms with Gasteiger partial charge in [0.2, 0.25) is 0 Å². The molecular formula is C15H11Cl2FN2O. The van der Waals surface area contributed by atoms with Gasteiger partial charge in [-0.15, -0.1) is 0 Å². The van der Waals surface area contributed by atoms with E-state index in [0.29, 0.717) is 26.8 Å². The molecule has 2 aromatic carbocycles. The van der Waals surface area contributed by atoms with Gasteiger partial charge in [0.05, 0.1) is 0 Å². The fraction of sp³-hybridized carbons (Fsp3) is 0.0667. The lowest BCUT2D eigenvalue weighted by Crippen LogP contribution is -2.28. The Balaban J connectivity index is 2.08. The van der Waals surface area contributed by atoms with Crippen molar-refractivity contribution in [3.63, 3.8) is 0 Å². The molecule has 0 amide bonds. The minimum Gasteiger partial charge on any atom is -0.459 e. The van der Waals surface area contributed by atoms with E-state index in [4.69, 9.17) is 33.5 Å². The minimum absolute atomic E-state index is 0.321. The minimum atomic E-state index is -0.434. The summed E-state index contributed by atoms with van der Waals surface area (Å²) in [6.07, 6.45) is 0. The lowest BCUT2D eigenvalue weighted by atomic mass is 10.0. The van der Waals surface area contributed by atoms with Gasteiger partial charge in [0, 0.05) is 15.4 Å². The van der Waals surface area contributed by atoms with Crippen molar-refractivity contribution in [3.8, 4) is 0 Å². The molecule has 0 fully saturated rings. The summed E-state index contributed by atoms with van der Waals surface area (Å²) >= 11 is 12.0. The fourth-order valence-electron chi connectivity index (χ4n) is 2.26. The van der Waals surface area contributed by atoms with Crippen molar-refractivity contribution in [3.05, 3.63) is 69.7 Å². The summed E-state index contributed by atoms with van der Waals surface area (Å²) < 4.78 is 19.0. The van der Waals surface area contributed by atoms with E-state index >= 15 is 0 Å². The second-order valence-electron chi connectivity index (χ2n) is 4.63. The first-order valence-electron chi connectivity index (χ1n) is 6.18. The summed E-state index contributed by atoms with van der Waals surface area (Å²) in [4.78, 5) is 0. The Morgan fingerprint density at radius 3 is 2.43 bits per heavy atom. The second-order valence-corrected chi connectivity index (χ2v) is 5.51. The Morgan fingerprint density at radius 2 is 1.76 bits per heavy atom. The van der Waals surface area contributed by atoms with Crippen LogP contribution in [0.25, 0.3) is 11.0 Å². The number of rotatable bonds is 3. The highest BCUT2D eigenvalue weighted by Gasteiger charge is 2.18. The zero-order valence-corrected chi connectivity index (χ0v) is 12.3. The molecule has 3 aromatic rings. The molecule has 108 valence electrons. The van der Waals surface area contributed by atoms with E-state index in [1.54, 1.807) is 30.3 Å². The van der Waals surface area contributed by atoms with Crippen LogP contribution >= 0.6 is 23.2 Å². The maximum absolute atomic E-state index is 13.2. The molecule has 0 saturated carbocycles. The molecule has 0 aliphatic rings. The summed E-state index contributed by atoms with van der Waals surface area (Å²) in [5.74, 6) is 5.85. The van der Waals surface area contributed by atoms with Crippen LogP contribution in [0.2, 0.25) is 10.0 Å². The van der Waals surface area contributed by atoms with Gasteiger partial charge in [0.1, 0.15) is 23.2 Å². The van der Waals surface area contributed by atoms with E-state index in [1.807, 2.05) is 0 Å². The van der Waals surface area contributed by atoms with E-state index in [1.165, 1.54) is 12.1 Å². The zero-order chi connectivity index (χ0) is 15.0. The molecule has 0 aliphatic carbocycles. The van der Waals surface area contributed by atoms with Crippen molar-refractivity contribution in [1.82, 2.24) is 5.43 Å². The standard InChI is InChI=1S/C15H11Cl2FN2O/c16-10-3-9(4-11(17)7-10)15(20-19)14-6-8-5-12(18)1-2-13(8)21-14/h1-7,15,20H,19H2. The van der Waals surface area contributed by atoms with Crippen LogP contribution in [0.15, 0.2) is 46.9 Å². The first-order valence-corrected chi connectivity index (χ1v) is 6.93. The van der Waals surface area contributed by atoms with Crippen molar-refractivity contribution in [2.45, 2.75) is 6.04 Å². The maximum Gasteiger partial charge on any atom is 0.134 e. The molecule has 1 heterocycles. The number of benzene rings is 2. The van der Waals surface area contributed by atoms with Crippen LogP contribution in [0.1, 0.15) is 17.4 Å². The van der Waals surface area contributed by atoms with Gasteiger partial charge in [-0.1, -0.05) is 23.2 Å². The average Bonchev–Trinajstić information content (AvgIpc) is 2.81. The van der Waals surface area contributed by atoms with E-state index in [9.17, 15) is 4.39 Å². The topological polar surface area (TPSA) is 51.2 Å². The highest BCUT2D eigenvalue weighted by atomic mass is 35.5. The predicted molar refractivity (Wildman–Crippen MR) is 81.8 cm³/mol. The molecule has 1 unspecified atom stereocenters. The molecule has 0 spiro atoms. The third-order valence-electron chi connectivity index (χ3n) is 3.17. The molecule has 21 heavy (non-hydrogen) atoms. The third-order valence-corrected chi connectivity index (χ3v) is 3.60. The molecule has 3 rings (SSSR count). The van der Waals surface area contributed by atoms with Gasteiger partial charge in [-0.2, -0.15) is 0 Å². The van der Waals surface area contributed by atoms with Crippen LogP contribution in [0, 0.1) is 5.82 Å². The first kappa shape index (κ1) is 14.4. The maximum atomic E-state index is 13.2. The van der Waals surface area contributed by atoms with Crippen molar-refractivity contribution in [1.29, 1.82) is 0 Å². The van der Waals surface area contributed by atoms with Crippen LogP contribution in [0.3, 0.4) is 0 Å². The van der Waals surface area contributed by atoms with E-state index < -0.39 is 6.04 Å². The smallest absolute Gasteiger partial charge is 0.134 e. The van der Waals surface area contributed by atoms with Crippen LogP contribution < -0.4 is 11.3 Å². The number of hydrazine groups is 1. The average molecular weight is 325 g/mol. The van der Waals surface area contributed by atoms with Gasteiger partial charge in [0.15, 0.2) is 0 Å². The number of hydrogen-bond donors (Lipinski definition) is 2. The Kier molecular flexibility index (Phi) is 3.87. The first-order chi connectivity index (χ1) is 10.1. The van der Waals surface area contributed by atoms with Crippen molar-refractivity contribution in [2.24, 2.45) is 5.84 Å². The Bertz CT molecular complexity index is 783. The number of nitrogens with one attached hydrogen (secondary N) is 1. The van der Waals surface area contributed by atoms with Crippen molar-refractivity contribution >= 4 is 34.2 Å². The van der Waals surface area contributed by atoms with Gasteiger partial charge in [0.25, 0.3) is 0 Å². The zero-order valence-electron chi connectivity index (χ0n) is 10.7. The molecule has 1 atom stereocenters. The molecule has 3 nitrogen and oxygen atoms in total. The highest BCUT2D eigenvalue weighted by molar-refractivity contribution is 6.34. The predicted octanol–water partition coefficient (Wildman–Crippen LogP) is 4.43. The number of hydrogen-bond acceptors (Lipinski definition) is 3. The third kappa shape index (κ3) is 2.89. The summed E-state index contributed by atoms with van der Waals surface area (Å²) in [5, 5.41) is 1.66. The lowest BCUT2D eigenvalue weighted by Gasteiger charge is -2.14. The quantitative estimate of drug-likeness (QED) is 0.553. The van der Waals surface area contributed by atoms with E-state index in [0.717, 1.165) is 5.56 Å². The van der Waals surface area contributed by atoms with Crippen LogP contribution in [-0.2, 0) is 0 Å². The molecule has 0 radical (unpaired) electrons. The lowest BCUT2D eigenvalue weighted by molar-refractivity contribution is 0.477. The molecule has 0 aliphatic heterocycles. The second kappa shape index (κ2) is 5.66. The van der Waals surface area contributed by atoms with Gasteiger partial charge in [-0.05, 0) is 48.0 Å². The summed E-state index contributed by atoms with van der Waals surface area (Å²) in [6, 6.07) is 10.7. The number of furan rings is 1.